The van der Waals surface area contributed by atoms with E-state index in [4.69, 9.17) is 11.6 Å². The number of nitrogens with one attached hydrogen (secondary N) is 3. The second kappa shape index (κ2) is 6.91. The molecule has 0 unspecified atom stereocenters. The van der Waals surface area contributed by atoms with E-state index in [9.17, 15) is 14.0 Å². The largest absolute Gasteiger partial charge is 0.326 e. The van der Waals surface area contributed by atoms with Crippen LogP contribution >= 0.6 is 11.6 Å². The predicted molar refractivity (Wildman–Crippen MR) is 84.8 cm³/mol. The van der Waals surface area contributed by atoms with E-state index < -0.39 is 11.8 Å². The normalized spacial score (nSPS) is 9.95. The smallest absolute Gasteiger partial charge is 0.323 e. The Morgan fingerprint density at radius 3 is 2.14 bits per heavy atom. The van der Waals surface area contributed by atoms with Crippen molar-refractivity contribution in [2.45, 2.75) is 6.92 Å². The summed E-state index contributed by atoms with van der Waals surface area (Å²) in [5.41, 5.74) is 1.31. The van der Waals surface area contributed by atoms with Gasteiger partial charge in [-0.05, 0) is 42.5 Å². The lowest BCUT2D eigenvalue weighted by molar-refractivity contribution is -0.114. The molecule has 0 fully saturated rings. The maximum absolute atomic E-state index is 13.1. The Morgan fingerprint density at radius 2 is 1.55 bits per heavy atom. The number of carbonyl (C=O) groups excluding carboxylic acids is 2. The van der Waals surface area contributed by atoms with E-state index in [0.717, 1.165) is 6.07 Å². The maximum atomic E-state index is 13.1. The third-order valence-corrected chi connectivity index (χ3v) is 2.97. The molecule has 0 aromatic heterocycles. The van der Waals surface area contributed by atoms with Crippen LogP contribution in [-0.2, 0) is 4.79 Å². The molecule has 2 rings (SSSR count). The standard InChI is InChI=1S/C15H13ClFN3O2/c1-9(21)18-11-3-5-12(6-4-11)19-15(22)20-14-8-10(17)2-7-13(14)16/h2-8H,1H3,(H,18,21)(H2,19,20,22). The van der Waals surface area contributed by atoms with Gasteiger partial charge in [-0.25, -0.2) is 9.18 Å². The van der Waals surface area contributed by atoms with Crippen LogP contribution in [0.15, 0.2) is 42.5 Å². The second-order valence-corrected chi connectivity index (χ2v) is 4.87. The van der Waals surface area contributed by atoms with Gasteiger partial charge in [0.05, 0.1) is 10.7 Å². The lowest BCUT2D eigenvalue weighted by Gasteiger charge is -2.10. The summed E-state index contributed by atoms with van der Waals surface area (Å²) in [5.74, 6) is -0.682. The quantitative estimate of drug-likeness (QED) is 0.797. The number of benzene rings is 2. The lowest BCUT2D eigenvalue weighted by Crippen LogP contribution is -2.19. The van der Waals surface area contributed by atoms with Crippen LogP contribution in [0.1, 0.15) is 6.92 Å². The van der Waals surface area contributed by atoms with Crippen molar-refractivity contribution in [2.24, 2.45) is 0 Å². The van der Waals surface area contributed by atoms with Crippen LogP contribution in [0.25, 0.3) is 0 Å². The zero-order valence-corrected chi connectivity index (χ0v) is 12.4. The third-order valence-electron chi connectivity index (χ3n) is 2.64. The number of hydrogen-bond acceptors (Lipinski definition) is 2. The van der Waals surface area contributed by atoms with Crippen molar-refractivity contribution in [1.29, 1.82) is 0 Å². The molecule has 0 atom stereocenters. The fourth-order valence-electron chi connectivity index (χ4n) is 1.72. The molecule has 22 heavy (non-hydrogen) atoms. The Bertz CT molecular complexity index is 704. The Labute approximate surface area is 131 Å². The minimum absolute atomic E-state index is 0.175. The first-order valence-electron chi connectivity index (χ1n) is 6.35. The molecule has 0 aliphatic rings. The van der Waals surface area contributed by atoms with Crippen LogP contribution in [-0.4, -0.2) is 11.9 Å². The molecule has 0 radical (unpaired) electrons. The van der Waals surface area contributed by atoms with E-state index in [1.54, 1.807) is 24.3 Å². The Balaban J connectivity index is 1.99. The van der Waals surface area contributed by atoms with Gasteiger partial charge in [0.25, 0.3) is 0 Å². The van der Waals surface area contributed by atoms with E-state index in [0.29, 0.717) is 11.4 Å². The highest BCUT2D eigenvalue weighted by Crippen LogP contribution is 2.22. The first-order chi connectivity index (χ1) is 10.4. The highest BCUT2D eigenvalue weighted by molar-refractivity contribution is 6.33. The topological polar surface area (TPSA) is 70.2 Å². The van der Waals surface area contributed by atoms with Crippen molar-refractivity contribution in [3.8, 4) is 0 Å². The summed E-state index contributed by atoms with van der Waals surface area (Å²) in [6.45, 7) is 1.41. The SMILES string of the molecule is CC(=O)Nc1ccc(NC(=O)Nc2cc(F)ccc2Cl)cc1. The van der Waals surface area contributed by atoms with Crippen LogP contribution < -0.4 is 16.0 Å². The Morgan fingerprint density at radius 1 is 0.955 bits per heavy atom. The number of urea groups is 1. The second-order valence-electron chi connectivity index (χ2n) is 4.46. The number of hydrogen-bond donors (Lipinski definition) is 3. The monoisotopic (exact) mass is 321 g/mol. The molecule has 0 aliphatic heterocycles. The summed E-state index contributed by atoms with van der Waals surface area (Å²) in [4.78, 5) is 22.7. The summed E-state index contributed by atoms with van der Waals surface area (Å²) in [6.07, 6.45) is 0. The molecule has 0 spiro atoms. The average molecular weight is 322 g/mol. The summed E-state index contributed by atoms with van der Waals surface area (Å²) >= 11 is 5.86. The summed E-state index contributed by atoms with van der Waals surface area (Å²) < 4.78 is 13.1. The van der Waals surface area contributed by atoms with E-state index in [-0.39, 0.29) is 16.6 Å². The van der Waals surface area contributed by atoms with Crippen molar-refractivity contribution in [3.63, 3.8) is 0 Å². The molecule has 0 heterocycles. The van der Waals surface area contributed by atoms with Crippen molar-refractivity contribution >= 4 is 40.6 Å². The fourth-order valence-corrected chi connectivity index (χ4v) is 1.88. The van der Waals surface area contributed by atoms with Gasteiger partial charge >= 0.3 is 6.03 Å². The molecule has 0 saturated heterocycles. The van der Waals surface area contributed by atoms with Crippen LogP contribution in [0.3, 0.4) is 0 Å². The number of halogens is 2. The highest BCUT2D eigenvalue weighted by Gasteiger charge is 2.07. The molecular formula is C15H13ClFN3O2. The van der Waals surface area contributed by atoms with Gasteiger partial charge in [0.15, 0.2) is 0 Å². The van der Waals surface area contributed by atoms with E-state index in [2.05, 4.69) is 16.0 Å². The van der Waals surface area contributed by atoms with Gasteiger partial charge < -0.3 is 16.0 Å². The summed E-state index contributed by atoms with van der Waals surface area (Å²) in [5, 5.41) is 7.87. The molecule has 7 heteroatoms. The zero-order valence-electron chi connectivity index (χ0n) is 11.6. The van der Waals surface area contributed by atoms with E-state index in [1.165, 1.54) is 19.1 Å². The summed E-state index contributed by atoms with van der Waals surface area (Å²) in [6, 6.07) is 9.66. The number of carbonyl (C=O) groups is 2. The van der Waals surface area contributed by atoms with Crippen LogP contribution in [0.4, 0.5) is 26.2 Å². The fraction of sp³-hybridized carbons (Fsp3) is 0.0667. The molecule has 0 bridgehead atoms. The van der Waals surface area contributed by atoms with Gasteiger partial charge in [0, 0.05) is 18.3 Å². The van der Waals surface area contributed by atoms with Crippen molar-refractivity contribution < 1.29 is 14.0 Å². The Kier molecular flexibility index (Phi) is 4.95. The third kappa shape index (κ3) is 4.46. The van der Waals surface area contributed by atoms with Crippen LogP contribution in [0, 0.1) is 5.82 Å². The molecular weight excluding hydrogens is 309 g/mol. The minimum Gasteiger partial charge on any atom is -0.326 e. The number of amides is 3. The summed E-state index contributed by atoms with van der Waals surface area (Å²) in [7, 11) is 0. The van der Waals surface area contributed by atoms with Gasteiger partial charge in [0.1, 0.15) is 5.82 Å². The van der Waals surface area contributed by atoms with Gasteiger partial charge in [-0.3, -0.25) is 4.79 Å². The molecule has 2 aromatic rings. The van der Waals surface area contributed by atoms with Crippen molar-refractivity contribution in [1.82, 2.24) is 0 Å². The van der Waals surface area contributed by atoms with Crippen molar-refractivity contribution in [3.05, 3.63) is 53.3 Å². The highest BCUT2D eigenvalue weighted by atomic mass is 35.5. The first-order valence-corrected chi connectivity index (χ1v) is 6.72. The average Bonchev–Trinajstić information content (AvgIpc) is 2.44. The molecule has 0 aliphatic carbocycles. The lowest BCUT2D eigenvalue weighted by atomic mass is 10.3. The number of rotatable bonds is 3. The van der Waals surface area contributed by atoms with Gasteiger partial charge in [-0.2, -0.15) is 0 Å². The van der Waals surface area contributed by atoms with E-state index >= 15 is 0 Å². The number of anilines is 3. The molecule has 3 N–H and O–H groups in total. The van der Waals surface area contributed by atoms with Crippen molar-refractivity contribution in [2.75, 3.05) is 16.0 Å². The van der Waals surface area contributed by atoms with Crippen LogP contribution in [0.5, 0.6) is 0 Å². The predicted octanol–water partition coefficient (Wildman–Crippen LogP) is 4.08. The molecule has 0 saturated carbocycles. The molecule has 114 valence electrons. The Hall–Kier alpha value is -2.60. The first kappa shape index (κ1) is 15.8. The maximum Gasteiger partial charge on any atom is 0.323 e. The molecule has 5 nitrogen and oxygen atoms in total. The zero-order chi connectivity index (χ0) is 16.1. The minimum atomic E-state index is -0.556. The van der Waals surface area contributed by atoms with Gasteiger partial charge in [0.2, 0.25) is 5.91 Å². The molecule has 3 amide bonds. The van der Waals surface area contributed by atoms with Gasteiger partial charge in [-0.15, -0.1) is 0 Å². The van der Waals surface area contributed by atoms with Crippen LogP contribution in [0.2, 0.25) is 5.02 Å². The van der Waals surface area contributed by atoms with Gasteiger partial charge in [-0.1, -0.05) is 11.6 Å². The van der Waals surface area contributed by atoms with E-state index in [1.807, 2.05) is 0 Å². The molecule has 2 aromatic carbocycles.